The van der Waals surface area contributed by atoms with Crippen LogP contribution in [0.2, 0.25) is 10.0 Å². The first-order valence-electron chi connectivity index (χ1n) is 9.74. The maximum absolute atomic E-state index is 14.3. The molecular formula is C24H13Cl2F3N4. The van der Waals surface area contributed by atoms with E-state index in [4.69, 9.17) is 23.2 Å². The standard InChI is InChI=1S/C24H13Cl2F3N4/c25-16-3-1-15(2-4-16)22-21-19(24(27,28)29)13-20(14-9-11-30-12-10-14)31-23(21)33(32-22)18-7-5-17(26)6-8-18/h1-13H. The summed E-state index contributed by atoms with van der Waals surface area (Å²) in [5.41, 5.74) is 1.08. The second-order valence-electron chi connectivity index (χ2n) is 7.23. The van der Waals surface area contributed by atoms with Crippen LogP contribution in [-0.4, -0.2) is 19.7 Å². The summed E-state index contributed by atoms with van der Waals surface area (Å²) in [7, 11) is 0. The Morgan fingerprint density at radius 1 is 0.758 bits per heavy atom. The summed E-state index contributed by atoms with van der Waals surface area (Å²) in [6.07, 6.45) is -1.63. The van der Waals surface area contributed by atoms with Crippen molar-refractivity contribution in [1.29, 1.82) is 0 Å². The molecule has 9 heteroatoms. The summed E-state index contributed by atoms with van der Waals surface area (Å²) < 4.78 is 44.4. The fraction of sp³-hybridized carbons (Fsp3) is 0.0417. The lowest BCUT2D eigenvalue weighted by atomic mass is 10.0. The van der Waals surface area contributed by atoms with Crippen LogP contribution >= 0.6 is 23.2 Å². The Bertz CT molecular complexity index is 1450. The third kappa shape index (κ3) is 4.05. The predicted octanol–water partition coefficient (Wildman–Crippen LogP) is 7.48. The van der Waals surface area contributed by atoms with Crippen molar-refractivity contribution in [3.05, 3.63) is 94.7 Å². The number of halogens is 5. The highest BCUT2D eigenvalue weighted by atomic mass is 35.5. The summed E-state index contributed by atoms with van der Waals surface area (Å²) >= 11 is 12.0. The highest BCUT2D eigenvalue weighted by Gasteiger charge is 2.36. The summed E-state index contributed by atoms with van der Waals surface area (Å²) in [6, 6.07) is 17.4. The smallest absolute Gasteiger partial charge is 0.265 e. The number of benzene rings is 2. The van der Waals surface area contributed by atoms with Crippen molar-refractivity contribution >= 4 is 34.2 Å². The second-order valence-corrected chi connectivity index (χ2v) is 8.10. The second kappa shape index (κ2) is 8.17. The first-order valence-corrected chi connectivity index (χ1v) is 10.5. The van der Waals surface area contributed by atoms with Crippen LogP contribution in [0.15, 0.2) is 79.1 Å². The largest absolute Gasteiger partial charge is 0.417 e. The van der Waals surface area contributed by atoms with Crippen molar-refractivity contribution in [3.8, 4) is 28.2 Å². The molecule has 0 aliphatic rings. The molecule has 33 heavy (non-hydrogen) atoms. The molecule has 0 saturated carbocycles. The molecule has 0 N–H and O–H groups in total. The van der Waals surface area contributed by atoms with Crippen molar-refractivity contribution in [3.63, 3.8) is 0 Å². The lowest BCUT2D eigenvalue weighted by molar-refractivity contribution is -0.136. The monoisotopic (exact) mass is 484 g/mol. The quantitative estimate of drug-likeness (QED) is 0.266. The number of fused-ring (bicyclic) bond motifs is 1. The Balaban J connectivity index is 1.89. The molecule has 0 aliphatic heterocycles. The van der Waals surface area contributed by atoms with Gasteiger partial charge in [-0.1, -0.05) is 35.3 Å². The number of hydrogen-bond acceptors (Lipinski definition) is 3. The van der Waals surface area contributed by atoms with Gasteiger partial charge in [-0.3, -0.25) is 4.98 Å². The van der Waals surface area contributed by atoms with Crippen LogP contribution in [0.3, 0.4) is 0 Å². The average Bonchev–Trinajstić information content (AvgIpc) is 3.19. The minimum Gasteiger partial charge on any atom is -0.265 e. The molecule has 3 aromatic heterocycles. The number of rotatable bonds is 3. The number of alkyl halides is 3. The lowest BCUT2D eigenvalue weighted by Gasteiger charge is -2.12. The number of nitrogens with zero attached hydrogens (tertiary/aromatic N) is 4. The molecule has 2 aromatic carbocycles. The number of pyridine rings is 2. The number of hydrogen-bond donors (Lipinski definition) is 0. The van der Waals surface area contributed by atoms with Gasteiger partial charge in [0.05, 0.1) is 22.3 Å². The van der Waals surface area contributed by atoms with Gasteiger partial charge in [-0.25, -0.2) is 9.67 Å². The van der Waals surface area contributed by atoms with Gasteiger partial charge in [-0.15, -0.1) is 0 Å². The molecule has 4 nitrogen and oxygen atoms in total. The summed E-state index contributed by atoms with van der Waals surface area (Å²) in [5, 5.41) is 5.42. The third-order valence-corrected chi connectivity index (χ3v) is 5.61. The van der Waals surface area contributed by atoms with E-state index < -0.39 is 11.7 Å². The molecule has 0 bridgehead atoms. The zero-order valence-electron chi connectivity index (χ0n) is 16.7. The minimum atomic E-state index is -4.64. The summed E-state index contributed by atoms with van der Waals surface area (Å²) in [6.45, 7) is 0. The van der Waals surface area contributed by atoms with Gasteiger partial charge in [0.2, 0.25) is 0 Å². The van der Waals surface area contributed by atoms with E-state index in [0.717, 1.165) is 6.07 Å². The normalized spacial score (nSPS) is 11.8. The van der Waals surface area contributed by atoms with Crippen LogP contribution in [0.5, 0.6) is 0 Å². The van der Waals surface area contributed by atoms with Gasteiger partial charge in [0, 0.05) is 33.6 Å². The van der Waals surface area contributed by atoms with Crippen molar-refractivity contribution < 1.29 is 13.2 Å². The molecule has 0 radical (unpaired) electrons. The third-order valence-electron chi connectivity index (χ3n) is 5.11. The van der Waals surface area contributed by atoms with Crippen LogP contribution in [0.4, 0.5) is 13.2 Å². The van der Waals surface area contributed by atoms with Crippen molar-refractivity contribution in [1.82, 2.24) is 19.7 Å². The van der Waals surface area contributed by atoms with E-state index in [1.165, 1.54) is 17.1 Å². The molecule has 5 aromatic rings. The summed E-state index contributed by atoms with van der Waals surface area (Å²) in [4.78, 5) is 8.53. The Hall–Kier alpha value is -3.42. The molecule has 0 fully saturated rings. The maximum Gasteiger partial charge on any atom is 0.417 e. The van der Waals surface area contributed by atoms with Crippen LogP contribution in [0.25, 0.3) is 39.2 Å². The topological polar surface area (TPSA) is 43.6 Å². The first-order chi connectivity index (χ1) is 15.8. The molecule has 0 saturated heterocycles. The van der Waals surface area contributed by atoms with E-state index in [9.17, 15) is 13.2 Å². The summed E-state index contributed by atoms with van der Waals surface area (Å²) in [5.74, 6) is 0. The van der Waals surface area contributed by atoms with Gasteiger partial charge >= 0.3 is 6.18 Å². The van der Waals surface area contributed by atoms with Crippen molar-refractivity contribution in [2.45, 2.75) is 6.18 Å². The molecule has 164 valence electrons. The number of aromatic nitrogens is 4. The molecule has 0 atom stereocenters. The predicted molar refractivity (Wildman–Crippen MR) is 123 cm³/mol. The van der Waals surface area contributed by atoms with Crippen molar-refractivity contribution in [2.24, 2.45) is 0 Å². The minimum absolute atomic E-state index is 0.0731. The molecule has 0 amide bonds. The Labute approximate surface area is 196 Å². The van der Waals surface area contributed by atoms with Gasteiger partial charge in [-0.05, 0) is 54.6 Å². The highest BCUT2D eigenvalue weighted by Crippen LogP contribution is 2.41. The molecule has 5 rings (SSSR count). The van der Waals surface area contributed by atoms with Gasteiger partial charge in [0.25, 0.3) is 0 Å². The first kappa shape index (κ1) is 21.4. The Morgan fingerprint density at radius 3 is 1.97 bits per heavy atom. The van der Waals surface area contributed by atoms with Gasteiger partial charge in [0.15, 0.2) is 5.65 Å². The molecule has 0 aliphatic carbocycles. The van der Waals surface area contributed by atoms with E-state index in [1.807, 2.05) is 0 Å². The van der Waals surface area contributed by atoms with E-state index >= 15 is 0 Å². The average molecular weight is 485 g/mol. The van der Waals surface area contributed by atoms with Crippen LogP contribution in [0, 0.1) is 0 Å². The zero-order valence-corrected chi connectivity index (χ0v) is 18.2. The van der Waals surface area contributed by atoms with Crippen LogP contribution in [-0.2, 0) is 6.18 Å². The fourth-order valence-electron chi connectivity index (χ4n) is 3.58. The molecule has 0 unspecified atom stereocenters. The van der Waals surface area contributed by atoms with E-state index in [0.29, 0.717) is 26.9 Å². The van der Waals surface area contributed by atoms with E-state index in [2.05, 4.69) is 15.1 Å². The molecule has 3 heterocycles. The SMILES string of the molecule is FC(F)(F)c1cc(-c2ccncc2)nc2c1c(-c1ccc(Cl)cc1)nn2-c1ccc(Cl)cc1. The van der Waals surface area contributed by atoms with E-state index in [1.54, 1.807) is 60.7 Å². The maximum atomic E-state index is 14.3. The van der Waals surface area contributed by atoms with Gasteiger partial charge in [0.1, 0.15) is 5.69 Å². The highest BCUT2D eigenvalue weighted by molar-refractivity contribution is 6.30. The Morgan fingerprint density at radius 2 is 1.36 bits per heavy atom. The van der Waals surface area contributed by atoms with Crippen molar-refractivity contribution in [2.75, 3.05) is 0 Å². The fourth-order valence-corrected chi connectivity index (χ4v) is 3.83. The molecular weight excluding hydrogens is 472 g/mol. The molecule has 0 spiro atoms. The van der Waals surface area contributed by atoms with Crippen LogP contribution < -0.4 is 0 Å². The van der Waals surface area contributed by atoms with E-state index in [-0.39, 0.29) is 22.4 Å². The Kier molecular flexibility index (Phi) is 5.31. The van der Waals surface area contributed by atoms with Gasteiger partial charge < -0.3 is 0 Å². The zero-order chi connectivity index (χ0) is 23.2. The van der Waals surface area contributed by atoms with Gasteiger partial charge in [-0.2, -0.15) is 18.3 Å². The van der Waals surface area contributed by atoms with Crippen LogP contribution in [0.1, 0.15) is 5.56 Å². The lowest BCUT2D eigenvalue weighted by Crippen LogP contribution is -2.08.